The smallest absolute Gasteiger partial charge is 0.142 e. The molecule has 0 saturated heterocycles. The molecular formula is C13H17NO. The van der Waals surface area contributed by atoms with Crippen LogP contribution < -0.4 is 10.5 Å². The topological polar surface area (TPSA) is 35.2 Å². The molecule has 2 saturated carbocycles. The quantitative estimate of drug-likeness (QED) is 0.763. The lowest BCUT2D eigenvalue weighted by Crippen LogP contribution is -2.02. The summed E-state index contributed by atoms with van der Waals surface area (Å²) in [5.74, 6) is 2.45. The molecule has 2 fully saturated rings. The molecule has 80 valence electrons. The molecular weight excluding hydrogens is 186 g/mol. The highest BCUT2D eigenvalue weighted by atomic mass is 16.5. The fraction of sp³-hybridized carbons (Fsp3) is 0.538. The van der Waals surface area contributed by atoms with Gasteiger partial charge in [0.15, 0.2) is 0 Å². The van der Waals surface area contributed by atoms with Crippen molar-refractivity contribution in [3.05, 3.63) is 23.8 Å². The molecule has 0 aliphatic heterocycles. The van der Waals surface area contributed by atoms with Crippen LogP contribution in [-0.2, 0) is 0 Å². The van der Waals surface area contributed by atoms with Crippen LogP contribution in [0.15, 0.2) is 18.2 Å². The maximum Gasteiger partial charge on any atom is 0.142 e. The third-order valence-electron chi connectivity index (χ3n) is 3.26. The van der Waals surface area contributed by atoms with Gasteiger partial charge in [0.1, 0.15) is 5.75 Å². The number of ether oxygens (including phenoxy) is 1. The van der Waals surface area contributed by atoms with Crippen LogP contribution in [0.4, 0.5) is 5.69 Å². The van der Waals surface area contributed by atoms with Crippen molar-refractivity contribution in [1.29, 1.82) is 0 Å². The molecule has 2 aliphatic carbocycles. The Balaban J connectivity index is 1.74. The Morgan fingerprint density at radius 3 is 2.67 bits per heavy atom. The number of rotatable bonds is 4. The minimum Gasteiger partial charge on any atom is -0.491 e. The normalized spacial score (nSPS) is 20.3. The van der Waals surface area contributed by atoms with Crippen LogP contribution >= 0.6 is 0 Å². The van der Waals surface area contributed by atoms with E-state index >= 15 is 0 Å². The molecule has 0 heterocycles. The van der Waals surface area contributed by atoms with Gasteiger partial charge in [-0.25, -0.2) is 0 Å². The largest absolute Gasteiger partial charge is 0.491 e. The molecule has 2 aliphatic rings. The summed E-state index contributed by atoms with van der Waals surface area (Å²) in [7, 11) is 0. The second kappa shape index (κ2) is 3.44. The van der Waals surface area contributed by atoms with E-state index in [2.05, 4.69) is 12.1 Å². The summed E-state index contributed by atoms with van der Waals surface area (Å²) in [6.45, 7) is 0.846. The molecule has 15 heavy (non-hydrogen) atoms. The van der Waals surface area contributed by atoms with Crippen molar-refractivity contribution in [1.82, 2.24) is 0 Å². The number of nitrogens with two attached hydrogens (primary N) is 1. The maximum absolute atomic E-state index is 5.89. The third-order valence-corrected chi connectivity index (χ3v) is 3.26. The van der Waals surface area contributed by atoms with E-state index in [1.165, 1.54) is 31.2 Å². The Morgan fingerprint density at radius 1 is 1.20 bits per heavy atom. The van der Waals surface area contributed by atoms with Gasteiger partial charge in [-0.3, -0.25) is 0 Å². The van der Waals surface area contributed by atoms with Gasteiger partial charge < -0.3 is 10.5 Å². The first-order chi connectivity index (χ1) is 7.33. The lowest BCUT2D eigenvalue weighted by molar-refractivity contribution is 0.301. The van der Waals surface area contributed by atoms with Crippen LogP contribution in [-0.4, -0.2) is 6.61 Å². The van der Waals surface area contributed by atoms with E-state index in [9.17, 15) is 0 Å². The van der Waals surface area contributed by atoms with Crippen LogP contribution in [0.2, 0.25) is 0 Å². The minimum atomic E-state index is 0.772. The zero-order valence-electron chi connectivity index (χ0n) is 8.91. The molecule has 1 aromatic rings. The zero-order chi connectivity index (χ0) is 10.3. The van der Waals surface area contributed by atoms with Crippen LogP contribution in [0.25, 0.3) is 0 Å². The summed E-state index contributed by atoms with van der Waals surface area (Å²) in [6, 6.07) is 6.25. The second-order valence-electron chi connectivity index (χ2n) is 4.83. The first-order valence-corrected chi connectivity index (χ1v) is 5.85. The van der Waals surface area contributed by atoms with E-state index in [1.807, 2.05) is 6.07 Å². The molecule has 3 rings (SSSR count). The predicted octanol–water partition coefficient (Wildman–Crippen LogP) is 2.94. The van der Waals surface area contributed by atoms with Gasteiger partial charge in [0, 0.05) is 0 Å². The third kappa shape index (κ3) is 2.09. The molecule has 2 heteroatoms. The van der Waals surface area contributed by atoms with Crippen molar-refractivity contribution in [3.63, 3.8) is 0 Å². The van der Waals surface area contributed by atoms with E-state index in [1.54, 1.807) is 0 Å². The van der Waals surface area contributed by atoms with Gasteiger partial charge in [0.25, 0.3) is 0 Å². The highest BCUT2D eigenvalue weighted by molar-refractivity contribution is 5.54. The molecule has 0 radical (unpaired) electrons. The Kier molecular flexibility index (Phi) is 2.08. The van der Waals surface area contributed by atoms with Crippen molar-refractivity contribution in [2.75, 3.05) is 12.3 Å². The first kappa shape index (κ1) is 9.08. The summed E-state index contributed by atoms with van der Waals surface area (Å²) in [5.41, 5.74) is 8.07. The fourth-order valence-corrected chi connectivity index (χ4v) is 1.84. The summed E-state index contributed by atoms with van der Waals surface area (Å²) in [6.07, 6.45) is 5.29. The van der Waals surface area contributed by atoms with Crippen molar-refractivity contribution in [3.8, 4) is 5.75 Å². The van der Waals surface area contributed by atoms with Crippen molar-refractivity contribution >= 4 is 5.69 Å². The Morgan fingerprint density at radius 2 is 2.00 bits per heavy atom. The molecule has 0 unspecified atom stereocenters. The lowest BCUT2D eigenvalue weighted by Gasteiger charge is -2.09. The summed E-state index contributed by atoms with van der Waals surface area (Å²) >= 11 is 0. The van der Waals surface area contributed by atoms with E-state index in [0.29, 0.717) is 0 Å². The van der Waals surface area contributed by atoms with Crippen LogP contribution in [0.3, 0.4) is 0 Å². The molecule has 0 amide bonds. The van der Waals surface area contributed by atoms with Crippen LogP contribution in [0.1, 0.15) is 37.2 Å². The number of hydrogen-bond acceptors (Lipinski definition) is 2. The Labute approximate surface area is 90.4 Å². The van der Waals surface area contributed by atoms with Gasteiger partial charge in [-0.05, 0) is 55.2 Å². The number of hydrogen-bond donors (Lipinski definition) is 1. The highest BCUT2D eigenvalue weighted by Crippen LogP contribution is 2.42. The van der Waals surface area contributed by atoms with Gasteiger partial charge in [0.05, 0.1) is 12.3 Å². The average molecular weight is 203 g/mol. The van der Waals surface area contributed by atoms with Gasteiger partial charge >= 0.3 is 0 Å². The molecule has 1 aromatic carbocycles. The van der Waals surface area contributed by atoms with Crippen molar-refractivity contribution in [2.24, 2.45) is 5.92 Å². The number of nitrogen functional groups attached to an aromatic ring is 1. The predicted molar refractivity (Wildman–Crippen MR) is 61.0 cm³/mol. The van der Waals surface area contributed by atoms with Gasteiger partial charge in [-0.15, -0.1) is 0 Å². The highest BCUT2D eigenvalue weighted by Gasteiger charge is 2.25. The minimum absolute atomic E-state index is 0.772. The zero-order valence-corrected chi connectivity index (χ0v) is 8.91. The van der Waals surface area contributed by atoms with Crippen LogP contribution in [0.5, 0.6) is 5.75 Å². The molecule has 0 bridgehead atoms. The average Bonchev–Trinajstić information content (AvgIpc) is 3.10. The SMILES string of the molecule is Nc1ccc(C2CC2)cc1OCC1CC1. The molecule has 0 aromatic heterocycles. The number of anilines is 1. The Bertz CT molecular complexity index is 367. The van der Waals surface area contributed by atoms with Gasteiger partial charge in [0.2, 0.25) is 0 Å². The van der Waals surface area contributed by atoms with E-state index in [4.69, 9.17) is 10.5 Å². The summed E-state index contributed by atoms with van der Waals surface area (Å²) in [4.78, 5) is 0. The first-order valence-electron chi connectivity index (χ1n) is 5.85. The molecule has 2 N–H and O–H groups in total. The second-order valence-corrected chi connectivity index (χ2v) is 4.83. The van der Waals surface area contributed by atoms with Crippen molar-refractivity contribution in [2.45, 2.75) is 31.6 Å². The number of benzene rings is 1. The van der Waals surface area contributed by atoms with Gasteiger partial charge in [-0.2, -0.15) is 0 Å². The van der Waals surface area contributed by atoms with Gasteiger partial charge in [-0.1, -0.05) is 6.07 Å². The molecule has 0 spiro atoms. The standard InChI is InChI=1S/C13H17NO/c14-12-6-5-11(10-3-4-10)7-13(12)15-8-9-1-2-9/h5-7,9-10H,1-4,8,14H2. The molecule has 0 atom stereocenters. The molecule has 2 nitrogen and oxygen atoms in total. The van der Waals surface area contributed by atoms with E-state index in [0.717, 1.165) is 29.9 Å². The monoisotopic (exact) mass is 203 g/mol. The van der Waals surface area contributed by atoms with Crippen LogP contribution in [0, 0.1) is 5.92 Å². The fourth-order valence-electron chi connectivity index (χ4n) is 1.84. The summed E-state index contributed by atoms with van der Waals surface area (Å²) in [5, 5.41) is 0. The van der Waals surface area contributed by atoms with E-state index in [-0.39, 0.29) is 0 Å². The lowest BCUT2D eigenvalue weighted by atomic mass is 10.1. The van der Waals surface area contributed by atoms with Crippen molar-refractivity contribution < 1.29 is 4.74 Å². The van der Waals surface area contributed by atoms with E-state index < -0.39 is 0 Å². The summed E-state index contributed by atoms with van der Waals surface area (Å²) < 4.78 is 5.75. The maximum atomic E-state index is 5.89. The Hall–Kier alpha value is -1.18.